The Kier molecular flexibility index (Phi) is 8.43. The molecule has 33 heavy (non-hydrogen) atoms. The molecule has 0 fully saturated rings. The largest absolute Gasteiger partial charge is 0.495 e. The van der Waals surface area contributed by atoms with E-state index in [0.717, 1.165) is 35.0 Å². The number of anilines is 1. The topological polar surface area (TPSA) is 98.8 Å². The van der Waals surface area contributed by atoms with E-state index < -0.39 is 10.0 Å². The molecular formula is C23H29N5O3S2. The smallest absolute Gasteiger partial charge is 0.243 e. The van der Waals surface area contributed by atoms with E-state index in [1.165, 1.54) is 4.31 Å². The van der Waals surface area contributed by atoms with E-state index in [1.807, 2.05) is 38.1 Å². The maximum Gasteiger partial charge on any atom is 0.243 e. The average Bonchev–Trinajstić information content (AvgIpc) is 3.21. The Hall–Kier alpha value is -2.95. The van der Waals surface area contributed by atoms with Crippen LogP contribution in [0.5, 0.6) is 5.75 Å². The number of ether oxygens (including phenoxy) is 1. The molecule has 3 N–H and O–H groups in total. The van der Waals surface area contributed by atoms with E-state index in [-0.39, 0.29) is 4.90 Å². The van der Waals surface area contributed by atoms with Crippen molar-refractivity contribution >= 4 is 50.2 Å². The van der Waals surface area contributed by atoms with Crippen LogP contribution in [0.25, 0.3) is 10.9 Å². The molecule has 10 heteroatoms. The second kappa shape index (κ2) is 11.3. The minimum atomic E-state index is -3.57. The van der Waals surface area contributed by atoms with Crippen molar-refractivity contribution in [2.75, 3.05) is 25.5 Å². The minimum Gasteiger partial charge on any atom is -0.495 e. The Morgan fingerprint density at radius 1 is 1.18 bits per heavy atom. The van der Waals surface area contributed by atoms with Gasteiger partial charge in [-0.25, -0.2) is 8.42 Å². The minimum absolute atomic E-state index is 0.271. The lowest BCUT2D eigenvalue weighted by atomic mass is 10.2. The van der Waals surface area contributed by atoms with E-state index in [1.54, 1.807) is 37.7 Å². The monoisotopic (exact) mass is 487 g/mol. The first-order valence-electron chi connectivity index (χ1n) is 10.7. The zero-order valence-electron chi connectivity index (χ0n) is 19.0. The van der Waals surface area contributed by atoms with Gasteiger partial charge in [-0.05, 0) is 55.4 Å². The maximum absolute atomic E-state index is 13.2. The van der Waals surface area contributed by atoms with Crippen LogP contribution in [0.2, 0.25) is 0 Å². The first-order chi connectivity index (χ1) is 15.9. The lowest BCUT2D eigenvalue weighted by molar-refractivity contribution is 0.410. The number of hydrogen-bond acceptors (Lipinski definition) is 5. The summed E-state index contributed by atoms with van der Waals surface area (Å²) in [6.45, 7) is 4.94. The molecule has 2 aromatic carbocycles. The number of hydrogen-bond donors (Lipinski definition) is 3. The first kappa shape index (κ1) is 24.7. The van der Waals surface area contributed by atoms with Gasteiger partial charge in [0.05, 0.1) is 23.9 Å². The number of aromatic nitrogens is 1. The van der Waals surface area contributed by atoms with Crippen LogP contribution < -0.4 is 15.5 Å². The van der Waals surface area contributed by atoms with Gasteiger partial charge in [0.15, 0.2) is 5.11 Å². The molecule has 0 unspecified atom stereocenters. The highest BCUT2D eigenvalue weighted by molar-refractivity contribution is 7.89. The Bertz CT molecular complexity index is 1230. The predicted octanol–water partition coefficient (Wildman–Crippen LogP) is 4.31. The number of nitrogens with one attached hydrogen (secondary N) is 3. The lowest BCUT2D eigenvalue weighted by Crippen LogP contribution is -2.32. The highest BCUT2D eigenvalue weighted by atomic mass is 32.2. The van der Waals surface area contributed by atoms with Crippen molar-refractivity contribution in [3.05, 3.63) is 54.2 Å². The Morgan fingerprint density at radius 2 is 1.91 bits per heavy atom. The fraction of sp³-hybridized carbons (Fsp3) is 0.304. The molecule has 1 heterocycles. The van der Waals surface area contributed by atoms with Gasteiger partial charge in [0.2, 0.25) is 10.0 Å². The summed E-state index contributed by atoms with van der Waals surface area (Å²) in [5.74, 6) is 0.663. The van der Waals surface area contributed by atoms with Gasteiger partial charge in [-0.2, -0.15) is 9.41 Å². The van der Waals surface area contributed by atoms with Crippen LogP contribution in [0.15, 0.2) is 58.7 Å². The quantitative estimate of drug-likeness (QED) is 0.224. The van der Waals surface area contributed by atoms with Crippen molar-refractivity contribution in [3.63, 3.8) is 0 Å². The maximum atomic E-state index is 13.2. The summed E-state index contributed by atoms with van der Waals surface area (Å²) in [4.78, 5) is 3.42. The Balaban J connectivity index is 1.77. The number of hydrazone groups is 1. The second-order valence-corrected chi connectivity index (χ2v) is 9.73. The van der Waals surface area contributed by atoms with Crippen molar-refractivity contribution in [1.29, 1.82) is 0 Å². The van der Waals surface area contributed by atoms with Gasteiger partial charge in [-0.1, -0.05) is 26.0 Å². The summed E-state index contributed by atoms with van der Waals surface area (Å²) in [6.07, 6.45) is 4.90. The highest BCUT2D eigenvalue weighted by Gasteiger charge is 2.23. The number of fused-ring (bicyclic) bond motifs is 1. The Morgan fingerprint density at radius 3 is 2.61 bits per heavy atom. The van der Waals surface area contributed by atoms with Crippen molar-refractivity contribution < 1.29 is 13.2 Å². The molecule has 0 aliphatic carbocycles. The predicted molar refractivity (Wildman–Crippen MR) is 138 cm³/mol. The van der Waals surface area contributed by atoms with E-state index >= 15 is 0 Å². The van der Waals surface area contributed by atoms with Gasteiger partial charge in [-0.3, -0.25) is 5.43 Å². The standard InChI is InChI=1S/C23H29N5O3S2/c1-4-12-28(13-5-2)33(29,30)18-10-11-20-19(14-18)17(15-24-20)16-25-27-23(32)26-21-8-6-7-9-22(21)31-3/h6-11,14-16,24H,4-5,12-13H2,1-3H3,(H2,26,27,32)/b25-16-. The van der Waals surface area contributed by atoms with Crippen LogP contribution >= 0.6 is 12.2 Å². The normalized spacial score (nSPS) is 11.9. The van der Waals surface area contributed by atoms with Crippen LogP contribution in [0.1, 0.15) is 32.3 Å². The van der Waals surface area contributed by atoms with Crippen LogP contribution in [0, 0.1) is 0 Å². The first-order valence-corrected chi connectivity index (χ1v) is 12.6. The molecule has 0 saturated carbocycles. The van der Waals surface area contributed by atoms with Crippen LogP contribution in [0.4, 0.5) is 5.69 Å². The number of methoxy groups -OCH3 is 1. The van der Waals surface area contributed by atoms with Gasteiger partial charge < -0.3 is 15.0 Å². The molecule has 0 aliphatic rings. The molecular weight excluding hydrogens is 458 g/mol. The average molecular weight is 488 g/mol. The summed E-state index contributed by atoms with van der Waals surface area (Å²) in [5.41, 5.74) is 5.06. The molecule has 0 atom stereocenters. The number of benzene rings is 2. The van der Waals surface area contributed by atoms with Gasteiger partial charge >= 0.3 is 0 Å². The molecule has 8 nitrogen and oxygen atoms in total. The summed E-state index contributed by atoms with van der Waals surface area (Å²) in [5, 5.41) is 8.30. The molecule has 3 aromatic rings. The number of para-hydroxylation sites is 2. The number of sulfonamides is 1. The summed E-state index contributed by atoms with van der Waals surface area (Å²) < 4.78 is 33.1. The third kappa shape index (κ3) is 5.89. The van der Waals surface area contributed by atoms with Gasteiger partial charge in [-0.15, -0.1) is 0 Å². The van der Waals surface area contributed by atoms with Gasteiger partial charge in [0.1, 0.15) is 5.75 Å². The number of rotatable bonds is 10. The van der Waals surface area contributed by atoms with E-state index in [0.29, 0.717) is 24.0 Å². The number of aromatic amines is 1. The number of H-pyrrole nitrogens is 1. The third-order valence-electron chi connectivity index (χ3n) is 4.99. The van der Waals surface area contributed by atoms with Crippen molar-refractivity contribution in [3.8, 4) is 5.75 Å². The summed E-state index contributed by atoms with van der Waals surface area (Å²) in [6, 6.07) is 12.5. The fourth-order valence-corrected chi connectivity index (χ4v) is 5.26. The molecule has 0 saturated heterocycles. The molecule has 0 spiro atoms. The van der Waals surface area contributed by atoms with Crippen molar-refractivity contribution in [2.24, 2.45) is 5.10 Å². The van der Waals surface area contributed by atoms with E-state index in [2.05, 4.69) is 20.8 Å². The molecule has 1 aromatic heterocycles. The summed E-state index contributed by atoms with van der Waals surface area (Å²) >= 11 is 5.30. The second-order valence-electron chi connectivity index (χ2n) is 7.38. The van der Waals surface area contributed by atoms with E-state index in [4.69, 9.17) is 17.0 Å². The van der Waals surface area contributed by atoms with Crippen LogP contribution in [-0.2, 0) is 10.0 Å². The number of nitrogens with zero attached hydrogens (tertiary/aromatic N) is 2. The third-order valence-corrected chi connectivity index (χ3v) is 7.08. The van der Waals surface area contributed by atoms with Gasteiger partial charge in [0, 0.05) is 35.8 Å². The molecule has 0 radical (unpaired) electrons. The molecule has 3 rings (SSSR count). The van der Waals surface area contributed by atoms with Crippen LogP contribution in [-0.4, -0.2) is 49.2 Å². The zero-order valence-corrected chi connectivity index (χ0v) is 20.6. The van der Waals surface area contributed by atoms with Crippen molar-refractivity contribution in [2.45, 2.75) is 31.6 Å². The van der Waals surface area contributed by atoms with Crippen LogP contribution in [0.3, 0.4) is 0 Å². The molecule has 0 amide bonds. The molecule has 176 valence electrons. The SMILES string of the molecule is CCCN(CCC)S(=O)(=O)c1ccc2[nH]cc(/C=N\NC(=S)Nc3ccccc3OC)c2c1. The van der Waals surface area contributed by atoms with Crippen molar-refractivity contribution in [1.82, 2.24) is 14.7 Å². The van der Waals surface area contributed by atoms with E-state index in [9.17, 15) is 8.42 Å². The summed E-state index contributed by atoms with van der Waals surface area (Å²) in [7, 11) is -1.98. The molecule has 0 aliphatic heterocycles. The number of thiocarbonyl (C=S) groups is 1. The lowest BCUT2D eigenvalue weighted by Gasteiger charge is -2.21. The zero-order chi connectivity index (χ0) is 23.8. The molecule has 0 bridgehead atoms. The highest BCUT2D eigenvalue weighted by Crippen LogP contribution is 2.24. The Labute approximate surface area is 200 Å². The van der Waals surface area contributed by atoms with Gasteiger partial charge in [0.25, 0.3) is 0 Å². The fourth-order valence-electron chi connectivity index (χ4n) is 3.45.